The van der Waals surface area contributed by atoms with Crippen LogP contribution in [0.3, 0.4) is 0 Å². The first kappa shape index (κ1) is 8.02. The fourth-order valence-corrected chi connectivity index (χ4v) is 1.84. The minimum Gasteiger partial charge on any atom is -0.390 e. The van der Waals surface area contributed by atoms with Gasteiger partial charge in [0.1, 0.15) is 0 Å². The molecular formula is C8H17NO. The molecule has 1 fully saturated rings. The highest BCUT2D eigenvalue weighted by molar-refractivity contribution is 4.96. The molecule has 0 bridgehead atoms. The van der Waals surface area contributed by atoms with Crippen LogP contribution in [0.2, 0.25) is 0 Å². The van der Waals surface area contributed by atoms with Gasteiger partial charge in [-0.2, -0.15) is 0 Å². The summed E-state index contributed by atoms with van der Waals surface area (Å²) >= 11 is 0. The maximum atomic E-state index is 9.67. The molecule has 0 heterocycles. The second kappa shape index (κ2) is 2.51. The molecule has 0 unspecified atom stereocenters. The van der Waals surface area contributed by atoms with Crippen LogP contribution in [0.25, 0.3) is 0 Å². The van der Waals surface area contributed by atoms with Crippen LogP contribution in [0.1, 0.15) is 33.1 Å². The second-order valence-corrected chi connectivity index (χ2v) is 3.99. The molecule has 1 aliphatic carbocycles. The summed E-state index contributed by atoms with van der Waals surface area (Å²) in [5.74, 6) is 0.581. The monoisotopic (exact) mass is 143 g/mol. The number of rotatable bonds is 2. The molecule has 1 aliphatic rings. The minimum absolute atomic E-state index is 0.253. The van der Waals surface area contributed by atoms with Crippen molar-refractivity contribution in [2.75, 3.05) is 0 Å². The molecular weight excluding hydrogens is 126 g/mol. The fraction of sp³-hybridized carbons (Fsp3) is 1.00. The Balaban J connectivity index is 2.27. The maximum absolute atomic E-state index is 9.67. The Labute approximate surface area is 62.4 Å². The van der Waals surface area contributed by atoms with Gasteiger partial charge in [0.25, 0.3) is 0 Å². The Morgan fingerprint density at radius 1 is 1.60 bits per heavy atom. The molecule has 0 amide bonds. The highest BCUT2D eigenvalue weighted by atomic mass is 16.3. The molecule has 60 valence electrons. The Kier molecular flexibility index (Phi) is 2.02. The molecule has 3 N–H and O–H groups in total. The SMILES string of the molecule is CC(C)CC1(O)CC(N)C1. The molecule has 0 radical (unpaired) electrons. The zero-order chi connectivity index (χ0) is 7.78. The first-order valence-electron chi connectivity index (χ1n) is 4.00. The number of aliphatic hydroxyl groups is 1. The summed E-state index contributed by atoms with van der Waals surface area (Å²) in [6.07, 6.45) is 2.50. The van der Waals surface area contributed by atoms with Crippen molar-refractivity contribution in [2.24, 2.45) is 11.7 Å². The van der Waals surface area contributed by atoms with Crippen LogP contribution in [0.5, 0.6) is 0 Å². The lowest BCUT2D eigenvalue weighted by atomic mass is 9.72. The first-order valence-corrected chi connectivity index (χ1v) is 4.00. The van der Waals surface area contributed by atoms with Gasteiger partial charge in [-0.05, 0) is 25.2 Å². The third-order valence-electron chi connectivity index (χ3n) is 2.07. The Morgan fingerprint density at radius 3 is 2.40 bits per heavy atom. The molecule has 10 heavy (non-hydrogen) atoms. The van der Waals surface area contributed by atoms with Gasteiger partial charge in [0.05, 0.1) is 5.60 Å². The number of hydrogen-bond donors (Lipinski definition) is 2. The summed E-state index contributed by atoms with van der Waals surface area (Å²) in [5, 5.41) is 9.67. The molecule has 1 rings (SSSR count). The van der Waals surface area contributed by atoms with Crippen molar-refractivity contribution in [3.63, 3.8) is 0 Å². The smallest absolute Gasteiger partial charge is 0.0679 e. The number of nitrogens with two attached hydrogens (primary N) is 1. The van der Waals surface area contributed by atoms with Gasteiger partial charge in [-0.25, -0.2) is 0 Å². The third kappa shape index (κ3) is 1.70. The molecule has 0 aromatic rings. The predicted molar refractivity (Wildman–Crippen MR) is 41.6 cm³/mol. The zero-order valence-electron chi connectivity index (χ0n) is 6.80. The van der Waals surface area contributed by atoms with Crippen LogP contribution >= 0.6 is 0 Å². The van der Waals surface area contributed by atoms with Gasteiger partial charge in [-0.1, -0.05) is 13.8 Å². The Hall–Kier alpha value is -0.0800. The van der Waals surface area contributed by atoms with E-state index in [0.29, 0.717) is 5.92 Å². The van der Waals surface area contributed by atoms with E-state index in [4.69, 9.17) is 5.73 Å². The predicted octanol–water partition coefficient (Wildman–Crippen LogP) is 0.885. The van der Waals surface area contributed by atoms with Crippen molar-refractivity contribution in [3.05, 3.63) is 0 Å². The van der Waals surface area contributed by atoms with E-state index in [1.807, 2.05) is 0 Å². The van der Waals surface area contributed by atoms with Crippen molar-refractivity contribution in [1.82, 2.24) is 0 Å². The van der Waals surface area contributed by atoms with E-state index in [0.717, 1.165) is 19.3 Å². The Morgan fingerprint density at radius 2 is 2.10 bits per heavy atom. The van der Waals surface area contributed by atoms with E-state index >= 15 is 0 Å². The Bertz CT molecular complexity index is 116. The van der Waals surface area contributed by atoms with E-state index in [2.05, 4.69) is 13.8 Å². The maximum Gasteiger partial charge on any atom is 0.0679 e. The topological polar surface area (TPSA) is 46.2 Å². The lowest BCUT2D eigenvalue weighted by molar-refractivity contribution is -0.0616. The van der Waals surface area contributed by atoms with Crippen molar-refractivity contribution >= 4 is 0 Å². The van der Waals surface area contributed by atoms with Crippen LogP contribution in [-0.4, -0.2) is 16.7 Å². The van der Waals surface area contributed by atoms with E-state index in [1.165, 1.54) is 0 Å². The average molecular weight is 143 g/mol. The first-order chi connectivity index (χ1) is 4.52. The number of hydrogen-bond acceptors (Lipinski definition) is 2. The van der Waals surface area contributed by atoms with Crippen LogP contribution in [0.15, 0.2) is 0 Å². The summed E-state index contributed by atoms with van der Waals surface area (Å²) in [6.45, 7) is 4.25. The van der Waals surface area contributed by atoms with E-state index < -0.39 is 5.60 Å². The van der Waals surface area contributed by atoms with Gasteiger partial charge in [-0.15, -0.1) is 0 Å². The highest BCUT2D eigenvalue weighted by Crippen LogP contribution is 2.35. The van der Waals surface area contributed by atoms with Gasteiger partial charge < -0.3 is 10.8 Å². The summed E-state index contributed by atoms with van der Waals surface area (Å²) in [4.78, 5) is 0. The van der Waals surface area contributed by atoms with Gasteiger partial charge in [0, 0.05) is 6.04 Å². The summed E-state index contributed by atoms with van der Waals surface area (Å²) in [5.41, 5.74) is 5.16. The molecule has 0 atom stereocenters. The quantitative estimate of drug-likeness (QED) is 0.603. The zero-order valence-corrected chi connectivity index (χ0v) is 6.80. The van der Waals surface area contributed by atoms with Gasteiger partial charge in [-0.3, -0.25) is 0 Å². The molecule has 0 aromatic carbocycles. The lowest BCUT2D eigenvalue weighted by Crippen LogP contribution is -2.51. The highest BCUT2D eigenvalue weighted by Gasteiger charge is 2.40. The molecule has 0 spiro atoms. The summed E-state index contributed by atoms with van der Waals surface area (Å²) < 4.78 is 0. The van der Waals surface area contributed by atoms with E-state index in [1.54, 1.807) is 0 Å². The van der Waals surface area contributed by atoms with Crippen LogP contribution in [-0.2, 0) is 0 Å². The average Bonchev–Trinajstić information content (AvgIpc) is 1.57. The van der Waals surface area contributed by atoms with E-state index in [9.17, 15) is 5.11 Å². The van der Waals surface area contributed by atoms with Crippen LogP contribution < -0.4 is 5.73 Å². The molecule has 2 nitrogen and oxygen atoms in total. The second-order valence-electron chi connectivity index (χ2n) is 3.99. The van der Waals surface area contributed by atoms with Crippen molar-refractivity contribution in [2.45, 2.75) is 44.8 Å². The summed E-state index contributed by atoms with van der Waals surface area (Å²) in [7, 11) is 0. The van der Waals surface area contributed by atoms with E-state index in [-0.39, 0.29) is 6.04 Å². The van der Waals surface area contributed by atoms with Gasteiger partial charge >= 0.3 is 0 Å². The molecule has 2 heteroatoms. The minimum atomic E-state index is -0.409. The molecule has 0 aliphatic heterocycles. The third-order valence-corrected chi connectivity index (χ3v) is 2.07. The van der Waals surface area contributed by atoms with Gasteiger partial charge in [0.15, 0.2) is 0 Å². The lowest BCUT2D eigenvalue weighted by Gasteiger charge is -2.42. The van der Waals surface area contributed by atoms with Crippen LogP contribution in [0.4, 0.5) is 0 Å². The summed E-state index contributed by atoms with van der Waals surface area (Å²) in [6, 6.07) is 0.253. The molecule has 0 saturated heterocycles. The molecule has 0 aromatic heterocycles. The normalized spacial score (nSPS) is 39.9. The van der Waals surface area contributed by atoms with Crippen molar-refractivity contribution < 1.29 is 5.11 Å². The fourth-order valence-electron chi connectivity index (χ4n) is 1.84. The molecule has 1 saturated carbocycles. The van der Waals surface area contributed by atoms with Gasteiger partial charge in [0.2, 0.25) is 0 Å². The van der Waals surface area contributed by atoms with Crippen molar-refractivity contribution in [1.29, 1.82) is 0 Å². The standard InChI is InChI=1S/C8H17NO/c1-6(2)3-8(10)4-7(9)5-8/h6-7,10H,3-5,9H2,1-2H3. The van der Waals surface area contributed by atoms with Crippen molar-refractivity contribution in [3.8, 4) is 0 Å². The largest absolute Gasteiger partial charge is 0.390 e. The van der Waals surface area contributed by atoms with Crippen LogP contribution in [0, 0.1) is 5.92 Å².